The minimum Gasteiger partial charge on any atom is -0.368 e. The van der Waals surface area contributed by atoms with Crippen molar-refractivity contribution in [1.82, 2.24) is 24.5 Å². The molecule has 0 aliphatic heterocycles. The Morgan fingerprint density at radius 2 is 1.75 bits per heavy atom. The van der Waals surface area contributed by atoms with Gasteiger partial charge in [-0.05, 0) is 49.6 Å². The van der Waals surface area contributed by atoms with Gasteiger partial charge in [0.25, 0.3) is 0 Å². The van der Waals surface area contributed by atoms with Crippen molar-refractivity contribution in [2.75, 3.05) is 11.1 Å². The lowest BCUT2D eigenvalue weighted by molar-refractivity contribution is 0.777. The first kappa shape index (κ1) is 16.9. The summed E-state index contributed by atoms with van der Waals surface area (Å²) >= 11 is 6.06. The number of aromatic nitrogens is 5. The van der Waals surface area contributed by atoms with Crippen LogP contribution in [0.5, 0.6) is 0 Å². The molecule has 0 atom stereocenters. The number of hydrogen-bond donors (Lipinski definition) is 2. The zero-order valence-electron chi connectivity index (χ0n) is 15.2. The molecule has 1 aliphatic carbocycles. The molecule has 2 heterocycles. The normalized spacial score (nSPS) is 14.9. The summed E-state index contributed by atoms with van der Waals surface area (Å²) in [4.78, 5) is 17.7. The highest BCUT2D eigenvalue weighted by molar-refractivity contribution is 6.30. The van der Waals surface area contributed by atoms with E-state index in [1.54, 1.807) is 6.92 Å². The van der Waals surface area contributed by atoms with Crippen molar-refractivity contribution < 1.29 is 0 Å². The molecule has 2 aromatic heterocycles. The fourth-order valence-corrected chi connectivity index (χ4v) is 3.62. The average Bonchev–Trinajstić information content (AvgIpc) is 3.34. The lowest BCUT2D eigenvalue weighted by Gasteiger charge is -2.19. The van der Waals surface area contributed by atoms with Gasteiger partial charge in [0.2, 0.25) is 17.8 Å². The zero-order valence-corrected chi connectivity index (χ0v) is 16.0. The maximum atomic E-state index is 6.06. The minimum absolute atomic E-state index is 0.169. The molecule has 0 spiro atoms. The number of aryl methyl sites for hydroxylation is 1. The summed E-state index contributed by atoms with van der Waals surface area (Å²) in [5.41, 5.74) is 8.65. The average molecular weight is 392 g/mol. The third-order valence-electron chi connectivity index (χ3n) is 5.01. The summed E-state index contributed by atoms with van der Waals surface area (Å²) < 4.78 is 1.90. The summed E-state index contributed by atoms with van der Waals surface area (Å²) in [5.74, 6) is 1.88. The van der Waals surface area contributed by atoms with Crippen LogP contribution >= 0.6 is 11.6 Å². The van der Waals surface area contributed by atoms with E-state index in [4.69, 9.17) is 22.3 Å². The van der Waals surface area contributed by atoms with Gasteiger partial charge in [-0.25, -0.2) is 9.55 Å². The first-order valence-electron chi connectivity index (χ1n) is 9.04. The van der Waals surface area contributed by atoms with Crippen molar-refractivity contribution in [3.63, 3.8) is 0 Å². The lowest BCUT2D eigenvalue weighted by atomic mass is 10.1. The van der Waals surface area contributed by atoms with Gasteiger partial charge in [-0.15, -0.1) is 0 Å². The zero-order chi connectivity index (χ0) is 19.3. The second kappa shape index (κ2) is 6.17. The van der Waals surface area contributed by atoms with E-state index in [-0.39, 0.29) is 11.5 Å². The summed E-state index contributed by atoms with van der Waals surface area (Å²) in [5, 5.41) is 4.35. The standard InChI is InChI=1S/C20H18ClN7/c1-12-23-17(22)26-18(24-12)28-16-5-3-2-4-15(16)25-19(28)27-20(10-11-20)13-6-8-14(21)9-7-13/h2-9H,10-11H2,1H3,(H,25,27)(H2,22,23,24,26). The lowest BCUT2D eigenvalue weighted by Crippen LogP contribution is -2.22. The molecule has 8 heteroatoms. The third-order valence-corrected chi connectivity index (χ3v) is 5.26. The smallest absolute Gasteiger partial charge is 0.242 e. The van der Waals surface area contributed by atoms with Crippen molar-refractivity contribution in [1.29, 1.82) is 0 Å². The van der Waals surface area contributed by atoms with Crippen molar-refractivity contribution >= 4 is 34.5 Å². The highest BCUT2D eigenvalue weighted by Gasteiger charge is 2.45. The van der Waals surface area contributed by atoms with E-state index in [0.717, 1.165) is 28.9 Å². The van der Waals surface area contributed by atoms with Crippen molar-refractivity contribution in [3.05, 3.63) is 64.9 Å². The molecule has 3 N–H and O–H groups in total. The Bertz CT molecular complexity index is 1160. The van der Waals surface area contributed by atoms with Crippen LogP contribution in [0.1, 0.15) is 24.2 Å². The molecular weight excluding hydrogens is 374 g/mol. The molecule has 28 heavy (non-hydrogen) atoms. The Morgan fingerprint density at radius 3 is 2.46 bits per heavy atom. The highest BCUT2D eigenvalue weighted by Crippen LogP contribution is 2.48. The van der Waals surface area contributed by atoms with Crippen LogP contribution in [-0.4, -0.2) is 24.5 Å². The summed E-state index contributed by atoms with van der Waals surface area (Å²) in [6.45, 7) is 1.80. The first-order chi connectivity index (χ1) is 13.5. The van der Waals surface area contributed by atoms with E-state index in [2.05, 4.69) is 32.4 Å². The van der Waals surface area contributed by atoms with E-state index in [0.29, 0.717) is 17.7 Å². The predicted octanol–water partition coefficient (Wildman–Crippen LogP) is 3.86. The molecule has 1 fully saturated rings. The second-order valence-electron chi connectivity index (χ2n) is 7.01. The minimum atomic E-state index is -0.169. The number of nitrogens with zero attached hydrogens (tertiary/aromatic N) is 5. The molecule has 2 aromatic carbocycles. The van der Waals surface area contributed by atoms with Crippen LogP contribution in [0, 0.1) is 6.92 Å². The van der Waals surface area contributed by atoms with Crippen LogP contribution in [0.25, 0.3) is 17.0 Å². The van der Waals surface area contributed by atoms with E-state index in [9.17, 15) is 0 Å². The largest absolute Gasteiger partial charge is 0.368 e. The molecule has 1 aliphatic rings. The SMILES string of the molecule is Cc1nc(N)nc(-n2c(NC3(c4ccc(Cl)cc4)CC3)nc3ccccc32)n1. The molecule has 0 bridgehead atoms. The van der Waals surface area contributed by atoms with Gasteiger partial charge in [-0.3, -0.25) is 0 Å². The van der Waals surface area contributed by atoms with Gasteiger partial charge in [0.15, 0.2) is 0 Å². The molecule has 0 amide bonds. The van der Waals surface area contributed by atoms with Crippen LogP contribution in [0.3, 0.4) is 0 Å². The number of fused-ring (bicyclic) bond motifs is 1. The molecule has 5 rings (SSSR count). The fraction of sp³-hybridized carbons (Fsp3) is 0.200. The van der Waals surface area contributed by atoms with E-state index >= 15 is 0 Å². The maximum absolute atomic E-state index is 6.06. The Morgan fingerprint density at radius 1 is 1.00 bits per heavy atom. The van der Waals surface area contributed by atoms with Gasteiger partial charge in [-0.2, -0.15) is 15.0 Å². The molecule has 4 aromatic rings. The number of nitrogens with two attached hydrogens (primary N) is 1. The monoisotopic (exact) mass is 391 g/mol. The topological polar surface area (TPSA) is 94.5 Å². The van der Waals surface area contributed by atoms with Gasteiger partial charge >= 0.3 is 0 Å². The van der Waals surface area contributed by atoms with Gasteiger partial charge in [-0.1, -0.05) is 35.9 Å². The number of para-hydroxylation sites is 2. The molecule has 0 saturated heterocycles. The summed E-state index contributed by atoms with van der Waals surface area (Å²) in [6.07, 6.45) is 2.02. The van der Waals surface area contributed by atoms with Gasteiger partial charge < -0.3 is 11.1 Å². The number of nitrogen functional groups attached to an aromatic ring is 1. The van der Waals surface area contributed by atoms with E-state index in [1.165, 1.54) is 5.56 Å². The Labute approximate surface area is 166 Å². The number of hydrogen-bond acceptors (Lipinski definition) is 6. The van der Waals surface area contributed by atoms with E-state index in [1.807, 2.05) is 41.0 Å². The van der Waals surface area contributed by atoms with Gasteiger partial charge in [0.05, 0.1) is 16.6 Å². The Hall–Kier alpha value is -3.19. The molecule has 0 radical (unpaired) electrons. The first-order valence-corrected chi connectivity index (χ1v) is 9.42. The van der Waals surface area contributed by atoms with Crippen molar-refractivity contribution in [3.8, 4) is 5.95 Å². The van der Waals surface area contributed by atoms with Crippen LogP contribution in [0.15, 0.2) is 48.5 Å². The van der Waals surface area contributed by atoms with Crippen LogP contribution in [0.4, 0.5) is 11.9 Å². The number of nitrogens with one attached hydrogen (secondary N) is 1. The predicted molar refractivity (Wildman–Crippen MR) is 110 cm³/mol. The number of halogens is 1. The van der Waals surface area contributed by atoms with Crippen LogP contribution in [0.2, 0.25) is 5.02 Å². The molecular formula is C20H18ClN7. The van der Waals surface area contributed by atoms with Gasteiger partial charge in [0.1, 0.15) is 5.82 Å². The molecule has 0 unspecified atom stereocenters. The number of imidazole rings is 1. The molecule has 140 valence electrons. The Balaban J connectivity index is 1.65. The third kappa shape index (κ3) is 2.84. The highest BCUT2D eigenvalue weighted by atomic mass is 35.5. The number of benzene rings is 2. The second-order valence-corrected chi connectivity index (χ2v) is 7.45. The van der Waals surface area contributed by atoms with Crippen molar-refractivity contribution in [2.45, 2.75) is 25.3 Å². The summed E-state index contributed by atoms with van der Waals surface area (Å²) in [7, 11) is 0. The van der Waals surface area contributed by atoms with Gasteiger partial charge in [0, 0.05) is 5.02 Å². The Kier molecular flexibility index (Phi) is 3.73. The molecule has 1 saturated carbocycles. The maximum Gasteiger partial charge on any atom is 0.242 e. The number of anilines is 2. The van der Waals surface area contributed by atoms with E-state index < -0.39 is 0 Å². The summed E-state index contributed by atoms with van der Waals surface area (Å²) in [6, 6.07) is 15.8. The van der Waals surface area contributed by atoms with Crippen LogP contribution < -0.4 is 11.1 Å². The van der Waals surface area contributed by atoms with Crippen molar-refractivity contribution in [2.24, 2.45) is 0 Å². The fourth-order valence-electron chi connectivity index (χ4n) is 3.49. The molecule has 7 nitrogen and oxygen atoms in total. The number of rotatable bonds is 4. The quantitative estimate of drug-likeness (QED) is 0.548. The van der Waals surface area contributed by atoms with Crippen LogP contribution in [-0.2, 0) is 5.54 Å².